The van der Waals surface area contributed by atoms with E-state index in [9.17, 15) is 19.8 Å². The molecule has 9 heteroatoms. The lowest BCUT2D eigenvalue weighted by molar-refractivity contribution is -0.140. The fourth-order valence-corrected chi connectivity index (χ4v) is 5.34. The van der Waals surface area contributed by atoms with Crippen molar-refractivity contribution < 1.29 is 29.3 Å². The number of halogens is 1. The predicted octanol–water partition coefficient (Wildman–Crippen LogP) is 4.25. The molecule has 2 heterocycles. The molecule has 0 aliphatic carbocycles. The van der Waals surface area contributed by atoms with Crippen molar-refractivity contribution in [3.63, 3.8) is 0 Å². The molecule has 4 rings (SSSR count). The summed E-state index contributed by atoms with van der Waals surface area (Å²) in [5.74, 6) is -0.802. The number of carbonyl (C=O) groups is 2. The number of nitrogens with zero attached hydrogens (tertiary/aromatic N) is 2. The maximum atomic E-state index is 13.4. The molecule has 1 amide bonds. The zero-order valence-corrected chi connectivity index (χ0v) is 22.5. The lowest BCUT2D eigenvalue weighted by Gasteiger charge is -2.28. The first-order chi connectivity index (χ1) is 17.2. The van der Waals surface area contributed by atoms with Crippen LogP contribution >= 0.6 is 15.9 Å². The van der Waals surface area contributed by atoms with E-state index in [1.807, 2.05) is 26.8 Å². The van der Waals surface area contributed by atoms with Gasteiger partial charge in [0.15, 0.2) is 11.5 Å². The zero-order valence-electron chi connectivity index (χ0n) is 20.9. The van der Waals surface area contributed by atoms with Crippen molar-refractivity contribution in [1.29, 1.82) is 0 Å². The highest BCUT2D eigenvalue weighted by molar-refractivity contribution is 9.10. The summed E-state index contributed by atoms with van der Waals surface area (Å²) >= 11 is 3.34. The molecular formula is C27H31BrN2O6. The standard InChI is InChI=1S/C27H31BrN2O6/c1-5-29(6-2)9-10-30-23(18-13-19(28)25(32)21(14-18)35-4)22(26(33)27(30)34)24(31)16-7-8-20-17(12-16)11-15(3)36-20/h7-8,12-15,23,31-32H,5-6,9-11H2,1-4H3/t15-,23-/m0/s1. The fourth-order valence-electron chi connectivity index (χ4n) is 4.88. The number of likely N-dealkylation sites (N-methyl/N-ethyl adjacent to an activating group) is 1. The summed E-state index contributed by atoms with van der Waals surface area (Å²) in [6, 6.07) is 7.66. The second kappa shape index (κ2) is 10.5. The minimum Gasteiger partial charge on any atom is -0.507 e. The average molecular weight is 559 g/mol. The molecule has 0 saturated carbocycles. The lowest BCUT2D eigenvalue weighted by atomic mass is 9.94. The molecule has 2 aliphatic heterocycles. The molecule has 2 aromatic carbocycles. The number of ether oxygens (including phenoxy) is 2. The Hall–Kier alpha value is -3.04. The van der Waals surface area contributed by atoms with Crippen LogP contribution in [0.4, 0.5) is 0 Å². The van der Waals surface area contributed by atoms with Crippen LogP contribution in [0.1, 0.15) is 43.5 Å². The number of carbonyl (C=O) groups excluding carboxylic acids is 2. The van der Waals surface area contributed by atoms with Crippen LogP contribution in [0, 0.1) is 0 Å². The van der Waals surface area contributed by atoms with Gasteiger partial charge in [0.05, 0.1) is 23.2 Å². The molecule has 0 radical (unpaired) electrons. The minimum absolute atomic E-state index is 0.00565. The van der Waals surface area contributed by atoms with Gasteiger partial charge < -0.3 is 29.5 Å². The number of ketones is 1. The molecule has 0 bridgehead atoms. The van der Waals surface area contributed by atoms with Gasteiger partial charge in [-0.1, -0.05) is 13.8 Å². The first-order valence-corrected chi connectivity index (χ1v) is 12.9. The molecule has 0 unspecified atom stereocenters. The Bertz CT molecular complexity index is 1220. The molecule has 192 valence electrons. The van der Waals surface area contributed by atoms with Gasteiger partial charge in [-0.3, -0.25) is 9.59 Å². The number of aliphatic hydroxyl groups is 1. The first kappa shape index (κ1) is 26.0. The number of aliphatic hydroxyl groups excluding tert-OH is 1. The first-order valence-electron chi connectivity index (χ1n) is 12.1. The van der Waals surface area contributed by atoms with Gasteiger partial charge in [0.2, 0.25) is 0 Å². The van der Waals surface area contributed by atoms with E-state index >= 15 is 0 Å². The van der Waals surface area contributed by atoms with Crippen LogP contribution in [0.5, 0.6) is 17.2 Å². The molecule has 2 atom stereocenters. The molecule has 0 spiro atoms. The van der Waals surface area contributed by atoms with E-state index in [4.69, 9.17) is 9.47 Å². The number of benzene rings is 2. The SMILES string of the molecule is CCN(CC)CCN1C(=O)C(=O)C(=C(O)c2ccc3c(c2)C[C@H](C)O3)[C@@H]1c1cc(Br)c(O)c(OC)c1. The average Bonchev–Trinajstić information content (AvgIpc) is 3.36. The Morgan fingerprint density at radius 3 is 2.61 bits per heavy atom. The van der Waals surface area contributed by atoms with Crippen LogP contribution in [0.3, 0.4) is 0 Å². The van der Waals surface area contributed by atoms with E-state index in [-0.39, 0.29) is 28.9 Å². The molecule has 0 aromatic heterocycles. The third-order valence-electron chi connectivity index (χ3n) is 6.85. The Morgan fingerprint density at radius 1 is 1.22 bits per heavy atom. The topological polar surface area (TPSA) is 99.5 Å². The largest absolute Gasteiger partial charge is 0.507 e. The number of Topliss-reactive ketones (excluding diaryl/α,β-unsaturated/α-hetero) is 1. The fraction of sp³-hybridized carbons (Fsp3) is 0.407. The smallest absolute Gasteiger partial charge is 0.295 e. The van der Waals surface area contributed by atoms with Crippen molar-refractivity contribution in [3.05, 3.63) is 57.1 Å². The molecule has 2 aliphatic rings. The number of phenols is 1. The summed E-state index contributed by atoms with van der Waals surface area (Å²) in [6.45, 7) is 8.52. The number of fused-ring (bicyclic) bond motifs is 1. The van der Waals surface area contributed by atoms with Crippen LogP contribution < -0.4 is 9.47 Å². The molecule has 8 nitrogen and oxygen atoms in total. The summed E-state index contributed by atoms with van der Waals surface area (Å²) in [4.78, 5) is 30.3. The number of hydrogen-bond donors (Lipinski definition) is 2. The summed E-state index contributed by atoms with van der Waals surface area (Å²) in [5, 5.41) is 21.8. The number of likely N-dealkylation sites (tertiary alicyclic amines) is 1. The predicted molar refractivity (Wildman–Crippen MR) is 139 cm³/mol. The Morgan fingerprint density at radius 2 is 1.94 bits per heavy atom. The van der Waals surface area contributed by atoms with Gasteiger partial charge in [-0.05, 0) is 77.4 Å². The van der Waals surface area contributed by atoms with Crippen LogP contribution in [0.2, 0.25) is 0 Å². The second-order valence-electron chi connectivity index (χ2n) is 9.03. The molecule has 2 aromatic rings. The van der Waals surface area contributed by atoms with Crippen LogP contribution in [0.25, 0.3) is 5.76 Å². The summed E-state index contributed by atoms with van der Waals surface area (Å²) in [7, 11) is 1.43. The van der Waals surface area contributed by atoms with Gasteiger partial charge >= 0.3 is 0 Å². The number of methoxy groups -OCH3 is 1. The number of rotatable bonds is 8. The monoisotopic (exact) mass is 558 g/mol. The van der Waals surface area contributed by atoms with Crippen molar-refractivity contribution in [1.82, 2.24) is 9.80 Å². The highest BCUT2D eigenvalue weighted by Crippen LogP contribution is 2.44. The van der Waals surface area contributed by atoms with Crippen LogP contribution in [-0.4, -0.2) is 71.1 Å². The number of amides is 1. The third-order valence-corrected chi connectivity index (χ3v) is 7.45. The highest BCUT2D eigenvalue weighted by atomic mass is 79.9. The van der Waals surface area contributed by atoms with Gasteiger partial charge in [0.1, 0.15) is 17.6 Å². The van der Waals surface area contributed by atoms with Gasteiger partial charge in [-0.15, -0.1) is 0 Å². The van der Waals surface area contributed by atoms with Crippen molar-refractivity contribution >= 4 is 33.4 Å². The number of phenolic OH excluding ortho intramolecular Hbond substituents is 1. The molecule has 1 fully saturated rings. The van der Waals surface area contributed by atoms with E-state index in [1.165, 1.54) is 12.0 Å². The molecular weight excluding hydrogens is 528 g/mol. The van der Waals surface area contributed by atoms with Gasteiger partial charge in [-0.2, -0.15) is 0 Å². The maximum absolute atomic E-state index is 13.4. The minimum atomic E-state index is -0.852. The normalized spacial score (nSPS) is 20.7. The zero-order chi connectivity index (χ0) is 26.1. The summed E-state index contributed by atoms with van der Waals surface area (Å²) in [5.41, 5.74) is 1.93. The molecule has 1 saturated heterocycles. The van der Waals surface area contributed by atoms with Crippen molar-refractivity contribution in [2.45, 2.75) is 39.3 Å². The number of aromatic hydroxyl groups is 1. The summed E-state index contributed by atoms with van der Waals surface area (Å²) < 4.78 is 11.4. The maximum Gasteiger partial charge on any atom is 0.295 e. The Balaban J connectivity index is 1.85. The van der Waals surface area contributed by atoms with E-state index in [0.29, 0.717) is 35.1 Å². The van der Waals surface area contributed by atoms with E-state index in [2.05, 4.69) is 20.8 Å². The number of hydrogen-bond acceptors (Lipinski definition) is 7. The van der Waals surface area contributed by atoms with Crippen molar-refractivity contribution in [2.24, 2.45) is 0 Å². The van der Waals surface area contributed by atoms with E-state index < -0.39 is 17.7 Å². The Labute approximate surface area is 219 Å². The van der Waals surface area contributed by atoms with E-state index in [1.54, 1.807) is 24.3 Å². The Kier molecular flexibility index (Phi) is 7.61. The highest BCUT2D eigenvalue weighted by Gasteiger charge is 2.46. The van der Waals surface area contributed by atoms with E-state index in [0.717, 1.165) is 24.4 Å². The molecule has 36 heavy (non-hydrogen) atoms. The third kappa shape index (κ3) is 4.69. The quantitative estimate of drug-likeness (QED) is 0.284. The van der Waals surface area contributed by atoms with Gasteiger partial charge in [0.25, 0.3) is 11.7 Å². The second-order valence-corrected chi connectivity index (χ2v) is 9.88. The lowest BCUT2D eigenvalue weighted by Crippen LogP contribution is -2.38. The van der Waals surface area contributed by atoms with Crippen molar-refractivity contribution in [3.8, 4) is 17.2 Å². The van der Waals surface area contributed by atoms with Gasteiger partial charge in [0, 0.05) is 25.1 Å². The summed E-state index contributed by atoms with van der Waals surface area (Å²) in [6.07, 6.45) is 0.727. The molecule has 2 N–H and O–H groups in total. The van der Waals surface area contributed by atoms with Gasteiger partial charge in [-0.25, -0.2) is 0 Å². The van der Waals surface area contributed by atoms with Crippen LogP contribution in [-0.2, 0) is 16.0 Å². The van der Waals surface area contributed by atoms with Crippen molar-refractivity contribution in [2.75, 3.05) is 33.3 Å². The van der Waals surface area contributed by atoms with Crippen LogP contribution in [0.15, 0.2) is 40.4 Å².